The van der Waals surface area contributed by atoms with Gasteiger partial charge >= 0.3 is 0 Å². The molecule has 0 bridgehead atoms. The SMILES string of the molecule is CCN(CC)Cc1nc2sc3c(c2c(=O)n1CC(=O)Nc1ccc(NC(C)=O)cc1)CCCC3. The summed E-state index contributed by atoms with van der Waals surface area (Å²) in [5.74, 6) is 0.173. The van der Waals surface area contributed by atoms with E-state index in [4.69, 9.17) is 4.98 Å². The van der Waals surface area contributed by atoms with E-state index in [-0.39, 0.29) is 23.9 Å². The van der Waals surface area contributed by atoms with Crippen molar-refractivity contribution in [1.82, 2.24) is 14.5 Å². The van der Waals surface area contributed by atoms with Crippen molar-refractivity contribution in [3.05, 3.63) is 50.9 Å². The van der Waals surface area contributed by atoms with Crippen LogP contribution in [0, 0.1) is 0 Å². The molecule has 0 unspecified atom stereocenters. The predicted molar refractivity (Wildman–Crippen MR) is 137 cm³/mol. The number of benzene rings is 1. The zero-order chi connectivity index (χ0) is 24.2. The van der Waals surface area contributed by atoms with Crippen molar-refractivity contribution in [3.8, 4) is 0 Å². The van der Waals surface area contributed by atoms with Gasteiger partial charge in [-0.2, -0.15) is 0 Å². The molecule has 0 saturated heterocycles. The Kier molecular flexibility index (Phi) is 7.43. The molecule has 0 saturated carbocycles. The number of nitrogens with one attached hydrogen (secondary N) is 2. The summed E-state index contributed by atoms with van der Waals surface area (Å²) >= 11 is 1.63. The molecule has 2 amide bonds. The molecule has 2 aromatic heterocycles. The van der Waals surface area contributed by atoms with Gasteiger partial charge in [0.25, 0.3) is 5.56 Å². The maximum Gasteiger partial charge on any atom is 0.263 e. The molecule has 4 rings (SSSR count). The van der Waals surface area contributed by atoms with Crippen molar-refractivity contribution >= 4 is 44.7 Å². The lowest BCUT2D eigenvalue weighted by atomic mass is 9.97. The highest BCUT2D eigenvalue weighted by Crippen LogP contribution is 2.33. The molecule has 0 fully saturated rings. The highest BCUT2D eigenvalue weighted by Gasteiger charge is 2.23. The van der Waals surface area contributed by atoms with Crippen LogP contribution in [-0.4, -0.2) is 39.4 Å². The maximum absolute atomic E-state index is 13.7. The first kappa shape index (κ1) is 24.1. The van der Waals surface area contributed by atoms with E-state index in [9.17, 15) is 14.4 Å². The Labute approximate surface area is 203 Å². The van der Waals surface area contributed by atoms with Crippen LogP contribution in [0.25, 0.3) is 10.2 Å². The molecule has 2 heterocycles. The second kappa shape index (κ2) is 10.5. The summed E-state index contributed by atoms with van der Waals surface area (Å²) in [5, 5.41) is 6.25. The molecule has 9 heteroatoms. The molecule has 0 radical (unpaired) electrons. The van der Waals surface area contributed by atoms with Crippen LogP contribution in [0.2, 0.25) is 0 Å². The first-order chi connectivity index (χ1) is 16.4. The van der Waals surface area contributed by atoms with Crippen LogP contribution < -0.4 is 16.2 Å². The van der Waals surface area contributed by atoms with E-state index in [1.807, 2.05) is 0 Å². The molecular formula is C25H31N5O3S. The Morgan fingerprint density at radius 3 is 2.35 bits per heavy atom. The second-order valence-electron chi connectivity index (χ2n) is 8.58. The molecule has 1 aliphatic carbocycles. The molecular weight excluding hydrogens is 450 g/mol. The number of rotatable bonds is 8. The zero-order valence-electron chi connectivity index (χ0n) is 19.9. The van der Waals surface area contributed by atoms with Crippen LogP contribution >= 0.6 is 11.3 Å². The number of aromatic nitrogens is 2. The number of hydrogen-bond donors (Lipinski definition) is 2. The van der Waals surface area contributed by atoms with Gasteiger partial charge in [0.05, 0.1) is 11.9 Å². The van der Waals surface area contributed by atoms with Gasteiger partial charge in [-0.3, -0.25) is 23.9 Å². The second-order valence-corrected chi connectivity index (χ2v) is 9.66. The molecule has 1 aliphatic rings. The fourth-order valence-corrected chi connectivity index (χ4v) is 5.67. The van der Waals surface area contributed by atoms with Crippen molar-refractivity contribution in [1.29, 1.82) is 0 Å². The molecule has 3 aromatic rings. The van der Waals surface area contributed by atoms with Crippen LogP contribution in [-0.2, 0) is 35.5 Å². The van der Waals surface area contributed by atoms with E-state index >= 15 is 0 Å². The fourth-order valence-electron chi connectivity index (χ4n) is 4.40. The number of fused-ring (bicyclic) bond motifs is 3. The molecule has 1 aromatic carbocycles. The normalized spacial score (nSPS) is 13.2. The maximum atomic E-state index is 13.7. The van der Waals surface area contributed by atoms with Crippen molar-refractivity contribution < 1.29 is 9.59 Å². The van der Waals surface area contributed by atoms with Crippen LogP contribution in [0.15, 0.2) is 29.1 Å². The summed E-state index contributed by atoms with van der Waals surface area (Å²) < 4.78 is 1.54. The average molecular weight is 482 g/mol. The van der Waals surface area contributed by atoms with Crippen molar-refractivity contribution in [2.45, 2.75) is 59.5 Å². The van der Waals surface area contributed by atoms with Crippen molar-refractivity contribution in [2.24, 2.45) is 0 Å². The number of nitrogens with zero attached hydrogens (tertiary/aromatic N) is 3. The minimum atomic E-state index is -0.291. The standard InChI is InChI=1S/C25H31N5O3S/c1-4-29(5-2)14-21-28-24-23(19-8-6-7-9-20(19)34-24)25(33)30(21)15-22(32)27-18-12-10-17(11-13-18)26-16(3)31/h10-13H,4-9,14-15H2,1-3H3,(H,26,31)(H,27,32). The third kappa shape index (κ3) is 5.20. The Balaban J connectivity index is 1.65. The third-order valence-corrected chi connectivity index (χ3v) is 7.39. The van der Waals surface area contributed by atoms with Gasteiger partial charge in [-0.25, -0.2) is 4.98 Å². The lowest BCUT2D eigenvalue weighted by Crippen LogP contribution is -2.34. The molecule has 0 atom stereocenters. The fraction of sp³-hybridized carbons (Fsp3) is 0.440. The van der Waals surface area contributed by atoms with Gasteiger partial charge in [0, 0.05) is 23.2 Å². The Morgan fingerprint density at radius 2 is 1.71 bits per heavy atom. The Morgan fingerprint density at radius 1 is 1.06 bits per heavy atom. The summed E-state index contributed by atoms with van der Waals surface area (Å²) in [4.78, 5) is 47.0. The van der Waals surface area contributed by atoms with Gasteiger partial charge in [-0.15, -0.1) is 11.3 Å². The van der Waals surface area contributed by atoms with E-state index in [0.29, 0.717) is 29.1 Å². The Bertz CT molecular complexity index is 1260. The highest BCUT2D eigenvalue weighted by molar-refractivity contribution is 7.18. The van der Waals surface area contributed by atoms with Crippen LogP contribution in [0.3, 0.4) is 0 Å². The number of amides is 2. The summed E-state index contributed by atoms with van der Waals surface area (Å²) in [6.45, 7) is 7.67. The number of carbonyl (C=O) groups is 2. The van der Waals surface area contributed by atoms with Gasteiger partial charge in [0.15, 0.2) is 0 Å². The zero-order valence-corrected chi connectivity index (χ0v) is 20.8. The molecule has 8 nitrogen and oxygen atoms in total. The lowest BCUT2D eigenvalue weighted by Gasteiger charge is -2.20. The number of thiophene rings is 1. The topological polar surface area (TPSA) is 96.3 Å². The Hall–Kier alpha value is -3.04. The summed E-state index contributed by atoms with van der Waals surface area (Å²) in [7, 11) is 0. The van der Waals surface area contributed by atoms with E-state index in [1.165, 1.54) is 11.8 Å². The van der Waals surface area contributed by atoms with E-state index in [0.717, 1.165) is 49.2 Å². The predicted octanol–water partition coefficient (Wildman–Crippen LogP) is 3.78. The van der Waals surface area contributed by atoms with Crippen molar-refractivity contribution in [3.63, 3.8) is 0 Å². The quantitative estimate of drug-likeness (QED) is 0.511. The number of aryl methyl sites for hydroxylation is 2. The van der Waals surface area contributed by atoms with E-state index in [2.05, 4.69) is 29.4 Å². The lowest BCUT2D eigenvalue weighted by molar-refractivity contribution is -0.117. The first-order valence-corrected chi connectivity index (χ1v) is 12.6. The minimum absolute atomic E-state index is 0.101. The summed E-state index contributed by atoms with van der Waals surface area (Å²) in [6.07, 6.45) is 4.11. The van der Waals surface area contributed by atoms with Crippen LogP contribution in [0.4, 0.5) is 11.4 Å². The molecule has 2 N–H and O–H groups in total. The van der Waals surface area contributed by atoms with Crippen LogP contribution in [0.5, 0.6) is 0 Å². The first-order valence-electron chi connectivity index (χ1n) is 11.8. The number of carbonyl (C=O) groups excluding carboxylic acids is 2. The molecule has 0 aliphatic heterocycles. The third-order valence-electron chi connectivity index (χ3n) is 6.20. The largest absolute Gasteiger partial charge is 0.326 e. The number of anilines is 2. The average Bonchev–Trinajstić information content (AvgIpc) is 3.19. The van der Waals surface area contributed by atoms with Gasteiger partial charge in [0.1, 0.15) is 17.2 Å². The van der Waals surface area contributed by atoms with Gasteiger partial charge in [0.2, 0.25) is 11.8 Å². The van der Waals surface area contributed by atoms with E-state index in [1.54, 1.807) is 40.2 Å². The summed E-state index contributed by atoms with van der Waals surface area (Å²) in [6, 6.07) is 6.89. The monoisotopic (exact) mass is 481 g/mol. The van der Waals surface area contributed by atoms with Gasteiger partial charge < -0.3 is 10.6 Å². The summed E-state index contributed by atoms with van der Waals surface area (Å²) in [5.41, 5.74) is 2.25. The smallest absolute Gasteiger partial charge is 0.263 e. The molecule has 180 valence electrons. The van der Waals surface area contributed by atoms with Gasteiger partial charge in [-0.05, 0) is 68.6 Å². The van der Waals surface area contributed by atoms with E-state index < -0.39 is 0 Å². The molecule has 34 heavy (non-hydrogen) atoms. The molecule has 0 spiro atoms. The van der Waals surface area contributed by atoms with Crippen LogP contribution in [0.1, 0.15) is 49.9 Å². The van der Waals surface area contributed by atoms with Gasteiger partial charge in [-0.1, -0.05) is 13.8 Å². The number of hydrogen-bond acceptors (Lipinski definition) is 6. The minimum Gasteiger partial charge on any atom is -0.326 e. The highest BCUT2D eigenvalue weighted by atomic mass is 32.1. The van der Waals surface area contributed by atoms with Crippen molar-refractivity contribution in [2.75, 3.05) is 23.7 Å².